The zero-order valence-corrected chi connectivity index (χ0v) is 7.17. The second-order valence-corrected chi connectivity index (χ2v) is 3.47. The Morgan fingerprint density at radius 3 is 3.20 bits per heavy atom. The Labute approximate surface area is 67.7 Å². The van der Waals surface area contributed by atoms with Gasteiger partial charge in [-0.05, 0) is 6.26 Å². The van der Waals surface area contributed by atoms with Crippen LogP contribution in [0, 0.1) is 0 Å². The first-order valence-corrected chi connectivity index (χ1v) is 5.02. The highest BCUT2D eigenvalue weighted by molar-refractivity contribution is 7.99. The molecule has 10 heavy (non-hydrogen) atoms. The lowest BCUT2D eigenvalue weighted by molar-refractivity contribution is 0.102. The van der Waals surface area contributed by atoms with Gasteiger partial charge in [0.15, 0.2) is 5.78 Å². The largest absolute Gasteiger partial charge is 0.292 e. The van der Waals surface area contributed by atoms with Gasteiger partial charge in [-0.1, -0.05) is 0 Å². The van der Waals surface area contributed by atoms with Crippen molar-refractivity contribution in [1.29, 1.82) is 0 Å². The Balaban J connectivity index is 2.59. The molecular formula is C6H7NOS2. The number of hydrogen-bond donors (Lipinski definition) is 0. The van der Waals surface area contributed by atoms with Gasteiger partial charge in [0.2, 0.25) is 0 Å². The molecule has 1 aromatic heterocycles. The zero-order valence-electron chi connectivity index (χ0n) is 5.53. The summed E-state index contributed by atoms with van der Waals surface area (Å²) >= 11 is 2.93. The van der Waals surface area contributed by atoms with Crippen molar-refractivity contribution in [3.63, 3.8) is 0 Å². The van der Waals surface area contributed by atoms with Crippen molar-refractivity contribution >= 4 is 28.9 Å². The van der Waals surface area contributed by atoms with Gasteiger partial charge in [0.25, 0.3) is 0 Å². The van der Waals surface area contributed by atoms with Crippen molar-refractivity contribution in [3.05, 3.63) is 16.6 Å². The Bertz CT molecular complexity index is 208. The molecule has 0 bridgehead atoms. The van der Waals surface area contributed by atoms with E-state index in [1.54, 1.807) is 11.7 Å². The minimum atomic E-state index is 0.176. The lowest BCUT2D eigenvalue weighted by Gasteiger charge is -1.89. The fourth-order valence-electron chi connectivity index (χ4n) is 0.556. The molecule has 0 spiro atoms. The van der Waals surface area contributed by atoms with Gasteiger partial charge in [0, 0.05) is 6.20 Å². The summed E-state index contributed by atoms with van der Waals surface area (Å²) in [5.41, 5.74) is 1.67. The average Bonchev–Trinajstić information content (AvgIpc) is 2.38. The maximum atomic E-state index is 11.1. The molecule has 54 valence electrons. The van der Waals surface area contributed by atoms with Crippen molar-refractivity contribution in [2.24, 2.45) is 0 Å². The molecule has 0 aliphatic carbocycles. The molecule has 0 unspecified atom stereocenters. The molecule has 0 fully saturated rings. The lowest BCUT2D eigenvalue weighted by Crippen LogP contribution is -1.98. The van der Waals surface area contributed by atoms with Crippen LogP contribution in [0.3, 0.4) is 0 Å². The van der Waals surface area contributed by atoms with Gasteiger partial charge >= 0.3 is 0 Å². The predicted molar refractivity (Wildman–Crippen MR) is 44.8 cm³/mol. The molecule has 0 amide bonds. The van der Waals surface area contributed by atoms with E-state index in [0.717, 1.165) is 4.88 Å². The van der Waals surface area contributed by atoms with E-state index in [2.05, 4.69) is 4.98 Å². The van der Waals surface area contributed by atoms with Crippen molar-refractivity contribution in [3.8, 4) is 0 Å². The highest BCUT2D eigenvalue weighted by Crippen LogP contribution is 2.08. The molecular weight excluding hydrogens is 166 g/mol. The molecule has 0 aliphatic rings. The first-order valence-electron chi connectivity index (χ1n) is 2.75. The predicted octanol–water partition coefficient (Wildman–Crippen LogP) is 1.69. The molecule has 0 aromatic carbocycles. The van der Waals surface area contributed by atoms with Crippen LogP contribution in [0.25, 0.3) is 0 Å². The Morgan fingerprint density at radius 1 is 1.90 bits per heavy atom. The summed E-state index contributed by atoms with van der Waals surface area (Å²) in [6.07, 6.45) is 3.53. The maximum Gasteiger partial charge on any atom is 0.184 e. The third-order valence-electron chi connectivity index (χ3n) is 0.983. The minimum absolute atomic E-state index is 0.176. The van der Waals surface area contributed by atoms with Crippen molar-refractivity contribution in [1.82, 2.24) is 4.98 Å². The lowest BCUT2D eigenvalue weighted by atomic mass is 10.4. The van der Waals surface area contributed by atoms with E-state index in [1.165, 1.54) is 23.1 Å². The third kappa shape index (κ3) is 1.82. The Morgan fingerprint density at radius 2 is 2.70 bits per heavy atom. The summed E-state index contributed by atoms with van der Waals surface area (Å²) in [5.74, 6) is 0.734. The van der Waals surface area contributed by atoms with E-state index < -0.39 is 0 Å². The zero-order chi connectivity index (χ0) is 7.40. The van der Waals surface area contributed by atoms with E-state index in [-0.39, 0.29) is 5.78 Å². The summed E-state index contributed by atoms with van der Waals surface area (Å²) in [7, 11) is 0. The van der Waals surface area contributed by atoms with Crippen molar-refractivity contribution in [2.75, 3.05) is 12.0 Å². The summed E-state index contributed by atoms with van der Waals surface area (Å²) in [6.45, 7) is 0. The van der Waals surface area contributed by atoms with E-state index in [9.17, 15) is 4.79 Å². The normalized spacial score (nSPS) is 9.70. The molecule has 4 heteroatoms. The Hall–Kier alpha value is -0.350. The smallest absolute Gasteiger partial charge is 0.184 e. The monoisotopic (exact) mass is 173 g/mol. The number of thioether (sulfide) groups is 1. The number of Topliss-reactive ketones (excluding diaryl/α,β-unsaturated/α-hetero) is 1. The number of rotatable bonds is 3. The summed E-state index contributed by atoms with van der Waals surface area (Å²) in [4.78, 5) is 15.6. The van der Waals surface area contributed by atoms with Crippen LogP contribution in [-0.4, -0.2) is 22.8 Å². The SMILES string of the molecule is CSCC(=O)c1cncs1. The maximum absolute atomic E-state index is 11.1. The molecule has 0 saturated heterocycles. The second-order valence-electron chi connectivity index (χ2n) is 1.72. The number of nitrogens with zero attached hydrogens (tertiary/aromatic N) is 1. The molecule has 1 aromatic rings. The summed E-state index contributed by atoms with van der Waals surface area (Å²) in [5, 5.41) is 0. The standard InChI is InChI=1S/C6H7NOS2/c1-9-3-5(8)6-2-7-4-10-6/h2,4H,3H2,1H3. The average molecular weight is 173 g/mol. The van der Waals surface area contributed by atoms with Gasteiger partial charge in [-0.2, -0.15) is 11.8 Å². The first-order chi connectivity index (χ1) is 4.84. The van der Waals surface area contributed by atoms with Gasteiger partial charge in [-0.15, -0.1) is 11.3 Å². The van der Waals surface area contributed by atoms with Crippen molar-refractivity contribution in [2.45, 2.75) is 0 Å². The van der Waals surface area contributed by atoms with Crippen LogP contribution >= 0.6 is 23.1 Å². The van der Waals surface area contributed by atoms with Gasteiger partial charge in [-0.25, -0.2) is 0 Å². The molecule has 0 atom stereocenters. The van der Waals surface area contributed by atoms with E-state index in [1.807, 2.05) is 6.26 Å². The van der Waals surface area contributed by atoms with E-state index in [4.69, 9.17) is 0 Å². The van der Waals surface area contributed by atoms with Crippen LogP contribution in [0.5, 0.6) is 0 Å². The van der Waals surface area contributed by atoms with Crippen LogP contribution in [0.4, 0.5) is 0 Å². The minimum Gasteiger partial charge on any atom is -0.292 e. The molecule has 0 saturated carbocycles. The highest BCUT2D eigenvalue weighted by Gasteiger charge is 2.04. The topological polar surface area (TPSA) is 30.0 Å². The van der Waals surface area contributed by atoms with Gasteiger partial charge in [-0.3, -0.25) is 9.78 Å². The molecule has 1 heterocycles. The van der Waals surface area contributed by atoms with Crippen LogP contribution < -0.4 is 0 Å². The van der Waals surface area contributed by atoms with E-state index >= 15 is 0 Å². The third-order valence-corrected chi connectivity index (χ3v) is 2.35. The number of hydrogen-bond acceptors (Lipinski definition) is 4. The summed E-state index contributed by atoms with van der Waals surface area (Å²) in [6, 6.07) is 0. The fraction of sp³-hybridized carbons (Fsp3) is 0.333. The summed E-state index contributed by atoms with van der Waals surface area (Å²) < 4.78 is 0. The number of carbonyl (C=O) groups excluding carboxylic acids is 1. The van der Waals surface area contributed by atoms with Gasteiger partial charge in [0.05, 0.1) is 16.1 Å². The first kappa shape index (κ1) is 7.75. The molecule has 0 N–H and O–H groups in total. The second kappa shape index (κ2) is 3.73. The number of ketones is 1. The molecule has 0 aliphatic heterocycles. The fourth-order valence-corrected chi connectivity index (χ4v) is 1.63. The molecule has 0 radical (unpaired) electrons. The van der Waals surface area contributed by atoms with Crippen LogP contribution in [0.1, 0.15) is 9.67 Å². The van der Waals surface area contributed by atoms with Crippen LogP contribution in [0.15, 0.2) is 11.7 Å². The quantitative estimate of drug-likeness (QED) is 0.651. The molecule has 2 nitrogen and oxygen atoms in total. The van der Waals surface area contributed by atoms with Crippen LogP contribution in [-0.2, 0) is 0 Å². The van der Waals surface area contributed by atoms with Gasteiger partial charge in [0.1, 0.15) is 0 Å². The van der Waals surface area contributed by atoms with Gasteiger partial charge < -0.3 is 0 Å². The number of carbonyl (C=O) groups is 1. The number of aromatic nitrogens is 1. The molecule has 1 rings (SSSR count). The Kier molecular flexibility index (Phi) is 2.89. The van der Waals surface area contributed by atoms with Crippen molar-refractivity contribution < 1.29 is 4.79 Å². The van der Waals surface area contributed by atoms with Crippen LogP contribution in [0.2, 0.25) is 0 Å². The highest BCUT2D eigenvalue weighted by atomic mass is 32.2. The number of thiazole rings is 1. The van der Waals surface area contributed by atoms with E-state index in [0.29, 0.717) is 5.75 Å².